The molecule has 0 amide bonds. The Morgan fingerprint density at radius 1 is 1.71 bits per heavy atom. The van der Waals surface area contributed by atoms with Crippen LogP contribution < -0.4 is 5.32 Å². The number of carbonyl (C=O) groups excluding carboxylic acids is 1. The third-order valence-electron chi connectivity index (χ3n) is 2.45. The van der Waals surface area contributed by atoms with E-state index in [2.05, 4.69) is 16.8 Å². The normalized spacial score (nSPS) is 23.1. The number of rotatable bonds is 3. The van der Waals surface area contributed by atoms with Crippen molar-refractivity contribution in [1.29, 1.82) is 0 Å². The molecule has 1 aliphatic rings. The fraction of sp³-hybridized carbons (Fsp3) is 0.700. The molecule has 80 valence electrons. The first-order valence-corrected chi connectivity index (χ1v) is 4.93. The molecular formula is C10H18N2O2. The van der Waals surface area contributed by atoms with Gasteiger partial charge in [0.15, 0.2) is 0 Å². The van der Waals surface area contributed by atoms with Gasteiger partial charge in [-0.05, 0) is 14.0 Å². The van der Waals surface area contributed by atoms with Crippen LogP contribution in [0.25, 0.3) is 0 Å². The summed E-state index contributed by atoms with van der Waals surface area (Å²) in [6, 6.07) is 0.0720. The van der Waals surface area contributed by atoms with Crippen LogP contribution in [0, 0.1) is 0 Å². The quantitative estimate of drug-likeness (QED) is 0.512. The van der Waals surface area contributed by atoms with E-state index in [4.69, 9.17) is 4.74 Å². The molecule has 1 N–H and O–H groups in total. The number of ether oxygens (including phenoxy) is 1. The average Bonchev–Trinajstić information content (AvgIpc) is 2.18. The van der Waals surface area contributed by atoms with Crippen molar-refractivity contribution >= 4 is 5.97 Å². The highest BCUT2D eigenvalue weighted by Gasteiger charge is 2.25. The number of likely N-dealkylation sites (N-methyl/N-ethyl adjacent to an activating group) is 1. The molecule has 0 aliphatic carbocycles. The van der Waals surface area contributed by atoms with Gasteiger partial charge in [0, 0.05) is 25.2 Å². The van der Waals surface area contributed by atoms with Crippen molar-refractivity contribution in [2.75, 3.05) is 33.3 Å². The molecule has 1 saturated heterocycles. The number of nitrogens with zero attached hydrogens (tertiary/aromatic N) is 1. The predicted octanol–water partition coefficient (Wildman–Crippen LogP) is 0.00930. The molecule has 1 heterocycles. The van der Waals surface area contributed by atoms with Gasteiger partial charge < -0.3 is 10.1 Å². The minimum atomic E-state index is -0.284. The summed E-state index contributed by atoms with van der Waals surface area (Å²) in [7, 11) is 2.00. The molecule has 0 spiro atoms. The molecule has 1 fully saturated rings. The number of esters is 1. The van der Waals surface area contributed by atoms with Gasteiger partial charge in [-0.2, -0.15) is 0 Å². The lowest BCUT2D eigenvalue weighted by molar-refractivity contribution is -0.139. The molecule has 0 bridgehead atoms. The summed E-state index contributed by atoms with van der Waals surface area (Å²) < 4.78 is 4.91. The molecule has 0 aromatic carbocycles. The van der Waals surface area contributed by atoms with E-state index in [1.54, 1.807) is 6.92 Å². The van der Waals surface area contributed by atoms with E-state index in [9.17, 15) is 4.79 Å². The fourth-order valence-electron chi connectivity index (χ4n) is 1.55. The Morgan fingerprint density at radius 3 is 3.00 bits per heavy atom. The average molecular weight is 198 g/mol. The maximum Gasteiger partial charge on any atom is 0.335 e. The molecule has 0 aromatic rings. The molecular weight excluding hydrogens is 180 g/mol. The van der Waals surface area contributed by atoms with Crippen LogP contribution in [0.1, 0.15) is 6.92 Å². The van der Waals surface area contributed by atoms with Gasteiger partial charge in [-0.1, -0.05) is 6.58 Å². The molecule has 0 aromatic heterocycles. The minimum absolute atomic E-state index is 0.0720. The number of hydrogen-bond donors (Lipinski definition) is 1. The second-order valence-corrected chi connectivity index (χ2v) is 3.45. The Balaban J connectivity index is 2.53. The smallest absolute Gasteiger partial charge is 0.335 e. The molecule has 1 rings (SSSR count). The largest absolute Gasteiger partial charge is 0.463 e. The molecule has 4 nitrogen and oxygen atoms in total. The fourth-order valence-corrected chi connectivity index (χ4v) is 1.55. The third kappa shape index (κ3) is 2.56. The van der Waals surface area contributed by atoms with Crippen molar-refractivity contribution in [3.8, 4) is 0 Å². The number of nitrogens with one attached hydrogen (secondary N) is 1. The van der Waals surface area contributed by atoms with Crippen LogP contribution in [0.15, 0.2) is 12.2 Å². The van der Waals surface area contributed by atoms with Crippen molar-refractivity contribution in [3.63, 3.8) is 0 Å². The Labute approximate surface area is 84.9 Å². The highest BCUT2D eigenvalue weighted by atomic mass is 16.5. The van der Waals surface area contributed by atoms with Gasteiger partial charge in [0.25, 0.3) is 0 Å². The number of carbonyl (C=O) groups is 1. The van der Waals surface area contributed by atoms with Gasteiger partial charge in [-0.15, -0.1) is 0 Å². The zero-order valence-corrected chi connectivity index (χ0v) is 8.88. The van der Waals surface area contributed by atoms with Gasteiger partial charge in [0.2, 0.25) is 0 Å². The van der Waals surface area contributed by atoms with Crippen LogP contribution >= 0.6 is 0 Å². The molecule has 1 atom stereocenters. The van der Waals surface area contributed by atoms with Crippen LogP contribution in [0.4, 0.5) is 0 Å². The van der Waals surface area contributed by atoms with E-state index < -0.39 is 0 Å². The number of piperazine rings is 1. The van der Waals surface area contributed by atoms with Crippen LogP contribution in [0.2, 0.25) is 0 Å². The second-order valence-electron chi connectivity index (χ2n) is 3.45. The first-order chi connectivity index (χ1) is 6.66. The van der Waals surface area contributed by atoms with E-state index in [1.165, 1.54) is 0 Å². The summed E-state index contributed by atoms with van der Waals surface area (Å²) in [4.78, 5) is 13.5. The SMILES string of the molecule is C=C(C(=O)OCC)C1CNCCN1C. The lowest BCUT2D eigenvalue weighted by atomic mass is 10.1. The van der Waals surface area contributed by atoms with E-state index in [0.717, 1.165) is 19.6 Å². The third-order valence-corrected chi connectivity index (χ3v) is 2.45. The molecule has 0 radical (unpaired) electrons. The Kier molecular flexibility index (Phi) is 4.10. The topological polar surface area (TPSA) is 41.6 Å². The molecule has 1 aliphatic heterocycles. The van der Waals surface area contributed by atoms with Crippen molar-refractivity contribution in [2.24, 2.45) is 0 Å². The van der Waals surface area contributed by atoms with Crippen LogP contribution in [0.3, 0.4) is 0 Å². The predicted molar refractivity (Wildman–Crippen MR) is 55.1 cm³/mol. The second kappa shape index (κ2) is 5.12. The Morgan fingerprint density at radius 2 is 2.43 bits per heavy atom. The molecule has 0 saturated carbocycles. The first-order valence-electron chi connectivity index (χ1n) is 4.93. The van der Waals surface area contributed by atoms with Gasteiger partial charge in [0.1, 0.15) is 0 Å². The van der Waals surface area contributed by atoms with Crippen molar-refractivity contribution < 1.29 is 9.53 Å². The van der Waals surface area contributed by atoms with Crippen LogP contribution in [0.5, 0.6) is 0 Å². The van der Waals surface area contributed by atoms with Crippen molar-refractivity contribution in [3.05, 3.63) is 12.2 Å². The molecule has 1 unspecified atom stereocenters. The van der Waals surface area contributed by atoms with Gasteiger partial charge in [-0.3, -0.25) is 4.90 Å². The van der Waals surface area contributed by atoms with E-state index in [-0.39, 0.29) is 12.0 Å². The van der Waals surface area contributed by atoms with Gasteiger partial charge >= 0.3 is 5.97 Å². The van der Waals surface area contributed by atoms with Crippen LogP contribution in [-0.2, 0) is 9.53 Å². The van der Waals surface area contributed by atoms with Crippen molar-refractivity contribution in [2.45, 2.75) is 13.0 Å². The Hall–Kier alpha value is -0.870. The first kappa shape index (κ1) is 11.2. The summed E-state index contributed by atoms with van der Waals surface area (Å²) in [5.74, 6) is -0.284. The van der Waals surface area contributed by atoms with Crippen molar-refractivity contribution in [1.82, 2.24) is 10.2 Å². The zero-order valence-electron chi connectivity index (χ0n) is 8.88. The minimum Gasteiger partial charge on any atom is -0.463 e. The van der Waals surface area contributed by atoms with E-state index >= 15 is 0 Å². The maximum absolute atomic E-state index is 11.4. The lowest BCUT2D eigenvalue weighted by Crippen LogP contribution is -2.51. The summed E-state index contributed by atoms with van der Waals surface area (Å²) in [6.45, 7) is 8.66. The van der Waals surface area contributed by atoms with Crippen LogP contribution in [-0.4, -0.2) is 50.2 Å². The maximum atomic E-state index is 11.4. The summed E-state index contributed by atoms with van der Waals surface area (Å²) in [6.07, 6.45) is 0. The molecule has 14 heavy (non-hydrogen) atoms. The highest BCUT2D eigenvalue weighted by molar-refractivity contribution is 5.89. The van der Waals surface area contributed by atoms with Gasteiger partial charge in [0.05, 0.1) is 12.6 Å². The monoisotopic (exact) mass is 198 g/mol. The summed E-state index contributed by atoms with van der Waals surface area (Å²) >= 11 is 0. The van der Waals surface area contributed by atoms with Gasteiger partial charge in [-0.25, -0.2) is 4.79 Å². The number of hydrogen-bond acceptors (Lipinski definition) is 4. The standard InChI is InChI=1S/C10H18N2O2/c1-4-14-10(13)8(2)9-7-11-5-6-12(9)3/h9,11H,2,4-7H2,1,3H3. The summed E-state index contributed by atoms with van der Waals surface area (Å²) in [5, 5.41) is 3.23. The zero-order chi connectivity index (χ0) is 10.6. The Bertz CT molecular complexity index is 228. The van der Waals surface area contributed by atoms with E-state index in [0.29, 0.717) is 12.2 Å². The summed E-state index contributed by atoms with van der Waals surface area (Å²) in [5.41, 5.74) is 0.543. The highest BCUT2D eigenvalue weighted by Crippen LogP contribution is 2.10. The van der Waals surface area contributed by atoms with E-state index in [1.807, 2.05) is 7.05 Å². The lowest BCUT2D eigenvalue weighted by Gasteiger charge is -2.33. The molecule has 4 heteroatoms.